The predicted molar refractivity (Wildman–Crippen MR) is 79.7 cm³/mol. The fourth-order valence-electron chi connectivity index (χ4n) is 3.40. The van der Waals surface area contributed by atoms with Gasteiger partial charge >= 0.3 is 0 Å². The standard InChI is InChI=1S/C16H21N3O2/c1-11(2)14-16(21)18-9-4-3-7-13(18)15(20)19(14)12-6-5-8-17-10-12/h5-6,8,10-11,13-14H,3-4,7,9H2,1-2H3. The van der Waals surface area contributed by atoms with E-state index in [2.05, 4.69) is 4.98 Å². The third-order valence-electron chi connectivity index (χ3n) is 4.40. The van der Waals surface area contributed by atoms with Gasteiger partial charge in [0, 0.05) is 12.7 Å². The third-order valence-corrected chi connectivity index (χ3v) is 4.40. The van der Waals surface area contributed by atoms with Gasteiger partial charge in [0.05, 0.1) is 11.9 Å². The molecule has 2 aliphatic heterocycles. The van der Waals surface area contributed by atoms with Crippen LogP contribution in [-0.4, -0.2) is 40.3 Å². The van der Waals surface area contributed by atoms with Crippen LogP contribution in [0.2, 0.25) is 0 Å². The molecule has 21 heavy (non-hydrogen) atoms. The van der Waals surface area contributed by atoms with E-state index in [-0.39, 0.29) is 23.8 Å². The summed E-state index contributed by atoms with van der Waals surface area (Å²) in [5.41, 5.74) is 0.722. The number of anilines is 1. The normalized spacial score (nSPS) is 26.2. The van der Waals surface area contributed by atoms with Crippen LogP contribution in [0.3, 0.4) is 0 Å². The van der Waals surface area contributed by atoms with Gasteiger partial charge in [-0.3, -0.25) is 19.5 Å². The number of nitrogens with zero attached hydrogens (tertiary/aromatic N) is 3. The first kappa shape index (κ1) is 14.0. The van der Waals surface area contributed by atoms with Crippen LogP contribution in [0.5, 0.6) is 0 Å². The highest BCUT2D eigenvalue weighted by atomic mass is 16.2. The maximum atomic E-state index is 12.9. The van der Waals surface area contributed by atoms with Crippen LogP contribution in [0.1, 0.15) is 33.1 Å². The van der Waals surface area contributed by atoms with Crippen molar-refractivity contribution in [1.82, 2.24) is 9.88 Å². The molecule has 5 heteroatoms. The van der Waals surface area contributed by atoms with Crippen molar-refractivity contribution in [2.24, 2.45) is 5.92 Å². The number of amides is 2. The molecule has 2 saturated heterocycles. The molecular weight excluding hydrogens is 266 g/mol. The van der Waals surface area contributed by atoms with Crippen LogP contribution >= 0.6 is 0 Å². The molecule has 1 aromatic heterocycles. The Bertz CT molecular complexity index is 544. The number of rotatable bonds is 2. The lowest BCUT2D eigenvalue weighted by atomic mass is 9.90. The van der Waals surface area contributed by atoms with Gasteiger partial charge in [0.25, 0.3) is 5.91 Å². The van der Waals surface area contributed by atoms with Crippen molar-refractivity contribution >= 4 is 17.5 Å². The molecule has 3 rings (SSSR count). The van der Waals surface area contributed by atoms with Gasteiger partial charge < -0.3 is 4.90 Å². The highest BCUT2D eigenvalue weighted by Crippen LogP contribution is 2.32. The minimum atomic E-state index is -0.420. The van der Waals surface area contributed by atoms with Gasteiger partial charge in [-0.25, -0.2) is 0 Å². The molecule has 0 radical (unpaired) electrons. The number of hydrogen-bond acceptors (Lipinski definition) is 3. The van der Waals surface area contributed by atoms with E-state index in [9.17, 15) is 9.59 Å². The van der Waals surface area contributed by atoms with Crippen LogP contribution in [0.4, 0.5) is 5.69 Å². The highest BCUT2D eigenvalue weighted by Gasteiger charge is 2.48. The molecule has 1 aromatic rings. The fraction of sp³-hybridized carbons (Fsp3) is 0.562. The fourth-order valence-corrected chi connectivity index (χ4v) is 3.40. The molecule has 2 unspecified atom stereocenters. The quantitative estimate of drug-likeness (QED) is 0.834. The zero-order chi connectivity index (χ0) is 15.0. The van der Waals surface area contributed by atoms with Crippen LogP contribution in [0.15, 0.2) is 24.5 Å². The second-order valence-corrected chi connectivity index (χ2v) is 6.15. The lowest BCUT2D eigenvalue weighted by Crippen LogP contribution is -2.67. The number of fused-ring (bicyclic) bond motifs is 1. The molecule has 0 aliphatic carbocycles. The van der Waals surface area contributed by atoms with Crippen molar-refractivity contribution in [2.45, 2.75) is 45.2 Å². The molecule has 2 fully saturated rings. The number of pyridine rings is 1. The molecule has 2 aliphatic rings. The van der Waals surface area contributed by atoms with Crippen LogP contribution in [-0.2, 0) is 9.59 Å². The van der Waals surface area contributed by atoms with E-state index in [4.69, 9.17) is 0 Å². The van der Waals surface area contributed by atoms with Crippen molar-refractivity contribution in [2.75, 3.05) is 11.4 Å². The summed E-state index contributed by atoms with van der Waals surface area (Å²) in [6.07, 6.45) is 6.11. The molecule has 3 heterocycles. The lowest BCUT2D eigenvalue weighted by Gasteiger charge is -2.48. The monoisotopic (exact) mass is 287 g/mol. The first-order chi connectivity index (χ1) is 10.1. The van der Waals surface area contributed by atoms with E-state index >= 15 is 0 Å². The van der Waals surface area contributed by atoms with Gasteiger partial charge in [-0.15, -0.1) is 0 Å². The number of carbonyl (C=O) groups excluding carboxylic acids is 2. The van der Waals surface area contributed by atoms with Gasteiger partial charge in [-0.1, -0.05) is 13.8 Å². The highest BCUT2D eigenvalue weighted by molar-refractivity contribution is 6.08. The Morgan fingerprint density at radius 3 is 2.71 bits per heavy atom. The van der Waals surface area contributed by atoms with Crippen molar-refractivity contribution in [3.05, 3.63) is 24.5 Å². The Morgan fingerprint density at radius 1 is 1.24 bits per heavy atom. The molecule has 2 amide bonds. The molecule has 0 bridgehead atoms. The maximum absolute atomic E-state index is 12.9. The number of hydrogen-bond donors (Lipinski definition) is 0. The number of piperazine rings is 1. The van der Waals surface area contributed by atoms with Crippen molar-refractivity contribution < 1.29 is 9.59 Å². The smallest absolute Gasteiger partial charge is 0.250 e. The zero-order valence-corrected chi connectivity index (χ0v) is 12.5. The first-order valence-electron chi connectivity index (χ1n) is 7.65. The number of piperidine rings is 1. The summed E-state index contributed by atoms with van der Waals surface area (Å²) >= 11 is 0. The van der Waals surface area contributed by atoms with Gasteiger partial charge in [-0.2, -0.15) is 0 Å². The van der Waals surface area contributed by atoms with E-state index < -0.39 is 6.04 Å². The largest absolute Gasteiger partial charge is 0.329 e. The van der Waals surface area contributed by atoms with Crippen LogP contribution in [0.25, 0.3) is 0 Å². The van der Waals surface area contributed by atoms with E-state index in [0.29, 0.717) is 6.54 Å². The minimum absolute atomic E-state index is 0.0426. The summed E-state index contributed by atoms with van der Waals surface area (Å²) in [7, 11) is 0. The number of aromatic nitrogens is 1. The second kappa shape index (κ2) is 5.47. The molecule has 0 saturated carbocycles. The lowest BCUT2D eigenvalue weighted by molar-refractivity contribution is -0.149. The summed E-state index contributed by atoms with van der Waals surface area (Å²) < 4.78 is 0. The Kier molecular flexibility index (Phi) is 3.66. The topological polar surface area (TPSA) is 53.5 Å². The van der Waals surface area contributed by atoms with Gasteiger partial charge in [0.1, 0.15) is 12.1 Å². The summed E-state index contributed by atoms with van der Waals surface area (Å²) in [6.45, 7) is 4.69. The van der Waals surface area contributed by atoms with Crippen molar-refractivity contribution in [1.29, 1.82) is 0 Å². The van der Waals surface area contributed by atoms with Gasteiger partial charge in [0.15, 0.2) is 0 Å². The molecule has 0 N–H and O–H groups in total. The Morgan fingerprint density at radius 2 is 2.05 bits per heavy atom. The molecular formula is C16H21N3O2. The third kappa shape index (κ3) is 2.30. The van der Waals surface area contributed by atoms with Gasteiger partial charge in [-0.05, 0) is 37.3 Å². The van der Waals surface area contributed by atoms with E-state index in [1.165, 1.54) is 0 Å². The summed E-state index contributed by atoms with van der Waals surface area (Å²) in [5.74, 6) is 0.198. The average Bonchev–Trinajstić information content (AvgIpc) is 2.51. The Balaban J connectivity index is 2.03. The Labute approximate surface area is 124 Å². The van der Waals surface area contributed by atoms with Gasteiger partial charge in [0.2, 0.25) is 5.91 Å². The van der Waals surface area contributed by atoms with Crippen molar-refractivity contribution in [3.8, 4) is 0 Å². The summed E-state index contributed by atoms with van der Waals surface area (Å²) in [6, 6.07) is 2.95. The molecule has 112 valence electrons. The predicted octanol–water partition coefficient (Wildman–Crippen LogP) is 1.83. The SMILES string of the molecule is CC(C)C1C(=O)N2CCCCC2C(=O)N1c1cccnc1. The van der Waals surface area contributed by atoms with Crippen LogP contribution in [0, 0.1) is 5.92 Å². The Hall–Kier alpha value is -1.91. The zero-order valence-electron chi connectivity index (χ0n) is 12.5. The average molecular weight is 287 g/mol. The molecule has 5 nitrogen and oxygen atoms in total. The molecule has 2 atom stereocenters. The molecule has 0 spiro atoms. The van der Waals surface area contributed by atoms with Crippen molar-refractivity contribution in [3.63, 3.8) is 0 Å². The van der Waals surface area contributed by atoms with Crippen LogP contribution < -0.4 is 4.90 Å². The second-order valence-electron chi connectivity index (χ2n) is 6.15. The maximum Gasteiger partial charge on any atom is 0.250 e. The van der Waals surface area contributed by atoms with E-state index in [1.807, 2.05) is 19.9 Å². The summed E-state index contributed by atoms with van der Waals surface area (Å²) in [4.78, 5) is 33.3. The summed E-state index contributed by atoms with van der Waals surface area (Å²) in [5, 5.41) is 0. The van der Waals surface area contributed by atoms with E-state index in [0.717, 1.165) is 24.9 Å². The minimum Gasteiger partial charge on any atom is -0.329 e. The first-order valence-corrected chi connectivity index (χ1v) is 7.65. The van der Waals surface area contributed by atoms with E-state index in [1.54, 1.807) is 28.3 Å². The molecule has 0 aromatic carbocycles. The number of carbonyl (C=O) groups is 2.